The van der Waals surface area contributed by atoms with E-state index in [0.29, 0.717) is 28.0 Å². The van der Waals surface area contributed by atoms with E-state index >= 15 is 0 Å². The topological polar surface area (TPSA) is 118 Å². The van der Waals surface area contributed by atoms with Crippen molar-refractivity contribution in [3.05, 3.63) is 70.3 Å². The molecule has 2 N–H and O–H groups in total. The van der Waals surface area contributed by atoms with E-state index in [4.69, 9.17) is 4.74 Å². The number of esters is 1. The van der Waals surface area contributed by atoms with Crippen molar-refractivity contribution in [2.45, 2.75) is 32.8 Å². The number of benzene rings is 2. The van der Waals surface area contributed by atoms with Gasteiger partial charge in [0, 0.05) is 24.6 Å². The second-order valence-electron chi connectivity index (χ2n) is 6.78. The standard InChI is InChI=1S/C22H21N3O5/c1-13(21(28)15-7-9-16(10-8-15)23-14(2)26)30-20(27)12-11-19-24-18-6-4-3-5-17(18)22(29)25-19/h3-10,13H,11-12H2,1-2H3,(H,23,26)(H,24,25,29)/t13-/m1/s1. The summed E-state index contributed by atoms with van der Waals surface area (Å²) in [6.07, 6.45) is -0.807. The van der Waals surface area contributed by atoms with Gasteiger partial charge in [0.2, 0.25) is 11.7 Å². The van der Waals surface area contributed by atoms with Crippen molar-refractivity contribution in [2.75, 3.05) is 5.32 Å². The lowest BCUT2D eigenvalue weighted by Crippen LogP contribution is -2.25. The van der Waals surface area contributed by atoms with Gasteiger partial charge in [-0.15, -0.1) is 0 Å². The number of ketones is 1. The number of hydrogen-bond donors (Lipinski definition) is 2. The molecule has 30 heavy (non-hydrogen) atoms. The predicted molar refractivity (Wildman–Crippen MR) is 111 cm³/mol. The van der Waals surface area contributed by atoms with Crippen LogP contribution in [0.2, 0.25) is 0 Å². The zero-order valence-corrected chi connectivity index (χ0v) is 16.6. The van der Waals surface area contributed by atoms with Gasteiger partial charge in [-0.2, -0.15) is 0 Å². The number of fused-ring (bicyclic) bond motifs is 1. The number of amides is 1. The van der Waals surface area contributed by atoms with Crippen LogP contribution in [0.4, 0.5) is 5.69 Å². The van der Waals surface area contributed by atoms with Crippen LogP contribution in [0.3, 0.4) is 0 Å². The number of H-pyrrole nitrogens is 1. The molecule has 8 nitrogen and oxygen atoms in total. The number of anilines is 1. The quantitative estimate of drug-likeness (QED) is 0.459. The van der Waals surface area contributed by atoms with Gasteiger partial charge in [0.15, 0.2) is 6.10 Å². The second kappa shape index (κ2) is 9.13. The maximum Gasteiger partial charge on any atom is 0.306 e. The molecule has 3 aromatic rings. The molecule has 3 rings (SSSR count). The van der Waals surface area contributed by atoms with E-state index in [1.54, 1.807) is 48.5 Å². The summed E-state index contributed by atoms with van der Waals surface area (Å²) in [5.74, 6) is -0.752. The van der Waals surface area contributed by atoms with Crippen molar-refractivity contribution >= 4 is 34.3 Å². The van der Waals surface area contributed by atoms with Gasteiger partial charge in [0.05, 0.1) is 17.3 Å². The lowest BCUT2D eigenvalue weighted by atomic mass is 10.1. The number of Topliss-reactive ketones (excluding diaryl/α,β-unsaturated/α-hetero) is 1. The Morgan fingerprint density at radius 3 is 2.50 bits per heavy atom. The van der Waals surface area contributed by atoms with Crippen LogP contribution in [0, 0.1) is 0 Å². The number of aromatic nitrogens is 2. The van der Waals surface area contributed by atoms with Crippen molar-refractivity contribution in [3.63, 3.8) is 0 Å². The van der Waals surface area contributed by atoms with Crippen LogP contribution in [-0.4, -0.2) is 33.7 Å². The van der Waals surface area contributed by atoms with Gasteiger partial charge in [-0.05, 0) is 43.3 Å². The highest BCUT2D eigenvalue weighted by atomic mass is 16.5. The minimum Gasteiger partial charge on any atom is -0.454 e. The van der Waals surface area contributed by atoms with E-state index in [0.717, 1.165) is 0 Å². The average molecular weight is 407 g/mol. The molecule has 0 saturated carbocycles. The zero-order chi connectivity index (χ0) is 21.7. The molecule has 0 spiro atoms. The van der Waals surface area contributed by atoms with Crippen LogP contribution in [0.1, 0.15) is 36.5 Å². The molecule has 1 amide bonds. The molecule has 8 heteroatoms. The third kappa shape index (κ3) is 5.16. The van der Waals surface area contributed by atoms with Gasteiger partial charge < -0.3 is 15.0 Å². The van der Waals surface area contributed by atoms with Crippen LogP contribution in [0.15, 0.2) is 53.3 Å². The molecule has 1 atom stereocenters. The first-order chi connectivity index (χ1) is 14.3. The molecule has 0 bridgehead atoms. The van der Waals surface area contributed by atoms with Crippen molar-refractivity contribution in [3.8, 4) is 0 Å². The summed E-state index contributed by atoms with van der Waals surface area (Å²) < 4.78 is 5.22. The first kappa shape index (κ1) is 20.9. The summed E-state index contributed by atoms with van der Waals surface area (Å²) >= 11 is 0. The van der Waals surface area contributed by atoms with Gasteiger partial charge in [-0.3, -0.25) is 19.2 Å². The number of aromatic amines is 1. The van der Waals surface area contributed by atoms with Crippen LogP contribution in [-0.2, 0) is 20.7 Å². The molecule has 154 valence electrons. The highest BCUT2D eigenvalue weighted by molar-refractivity contribution is 6.00. The fourth-order valence-corrected chi connectivity index (χ4v) is 2.94. The van der Waals surface area contributed by atoms with Crippen molar-refractivity contribution in [2.24, 2.45) is 0 Å². The summed E-state index contributed by atoms with van der Waals surface area (Å²) in [6, 6.07) is 13.3. The summed E-state index contributed by atoms with van der Waals surface area (Å²) in [5.41, 5.74) is 1.22. The Labute approximate surface area is 172 Å². The molecule has 1 heterocycles. The molecular formula is C22H21N3O5. The molecule has 0 aliphatic rings. The van der Waals surface area contributed by atoms with Gasteiger partial charge in [-0.1, -0.05) is 12.1 Å². The summed E-state index contributed by atoms with van der Waals surface area (Å²) in [5, 5.41) is 3.09. The molecular weight excluding hydrogens is 386 g/mol. The number of nitrogens with one attached hydrogen (secondary N) is 2. The monoisotopic (exact) mass is 407 g/mol. The smallest absolute Gasteiger partial charge is 0.306 e. The number of carbonyl (C=O) groups excluding carboxylic acids is 3. The normalized spacial score (nSPS) is 11.7. The van der Waals surface area contributed by atoms with Gasteiger partial charge in [0.1, 0.15) is 5.82 Å². The van der Waals surface area contributed by atoms with Crippen LogP contribution in [0.25, 0.3) is 10.9 Å². The number of ether oxygens (including phenoxy) is 1. The average Bonchev–Trinajstić information content (AvgIpc) is 2.72. The van der Waals surface area contributed by atoms with E-state index in [1.807, 2.05) is 0 Å². The molecule has 0 fully saturated rings. The third-order valence-electron chi connectivity index (χ3n) is 4.40. The number of aryl methyl sites for hydroxylation is 1. The number of nitrogens with zero attached hydrogens (tertiary/aromatic N) is 1. The largest absolute Gasteiger partial charge is 0.454 e. The fourth-order valence-electron chi connectivity index (χ4n) is 2.94. The summed E-state index contributed by atoms with van der Waals surface area (Å²) in [4.78, 5) is 54.7. The van der Waals surface area contributed by atoms with Crippen LogP contribution >= 0.6 is 0 Å². The lowest BCUT2D eigenvalue weighted by Gasteiger charge is -2.13. The summed E-state index contributed by atoms with van der Waals surface area (Å²) in [6.45, 7) is 2.89. The Balaban J connectivity index is 1.57. The molecule has 0 aliphatic heterocycles. The highest BCUT2D eigenvalue weighted by Crippen LogP contribution is 2.13. The van der Waals surface area contributed by atoms with Crippen molar-refractivity contribution in [1.29, 1.82) is 0 Å². The fraction of sp³-hybridized carbons (Fsp3) is 0.227. The Hall–Kier alpha value is -3.81. The second-order valence-corrected chi connectivity index (χ2v) is 6.78. The minimum absolute atomic E-state index is 0.0274. The van der Waals surface area contributed by atoms with Crippen molar-refractivity contribution < 1.29 is 19.1 Å². The van der Waals surface area contributed by atoms with E-state index in [2.05, 4.69) is 15.3 Å². The minimum atomic E-state index is -0.965. The van der Waals surface area contributed by atoms with Crippen LogP contribution < -0.4 is 10.9 Å². The number of rotatable bonds is 7. The Bertz CT molecular complexity index is 1150. The highest BCUT2D eigenvalue weighted by Gasteiger charge is 2.19. The maximum atomic E-state index is 12.5. The van der Waals surface area contributed by atoms with E-state index in [1.165, 1.54) is 13.8 Å². The number of para-hydroxylation sites is 1. The van der Waals surface area contributed by atoms with Crippen molar-refractivity contribution in [1.82, 2.24) is 9.97 Å². The van der Waals surface area contributed by atoms with Gasteiger partial charge >= 0.3 is 5.97 Å². The van der Waals surface area contributed by atoms with E-state index in [-0.39, 0.29) is 30.1 Å². The van der Waals surface area contributed by atoms with Gasteiger partial charge in [-0.25, -0.2) is 4.98 Å². The molecule has 0 radical (unpaired) electrons. The predicted octanol–water partition coefficient (Wildman–Crippen LogP) is 2.63. The lowest BCUT2D eigenvalue weighted by molar-refractivity contribution is -0.146. The molecule has 0 aliphatic carbocycles. The Morgan fingerprint density at radius 1 is 1.10 bits per heavy atom. The number of carbonyl (C=O) groups is 3. The zero-order valence-electron chi connectivity index (χ0n) is 16.6. The first-order valence-electron chi connectivity index (χ1n) is 9.43. The first-order valence-corrected chi connectivity index (χ1v) is 9.43. The third-order valence-corrected chi connectivity index (χ3v) is 4.40. The SMILES string of the molecule is CC(=O)Nc1ccc(C(=O)[C@@H](C)OC(=O)CCc2nc3ccccc3c(=O)[nH]2)cc1. The molecule has 0 unspecified atom stereocenters. The molecule has 2 aromatic carbocycles. The number of hydrogen-bond acceptors (Lipinski definition) is 6. The molecule has 0 saturated heterocycles. The van der Waals surface area contributed by atoms with Gasteiger partial charge in [0.25, 0.3) is 5.56 Å². The van der Waals surface area contributed by atoms with Crippen LogP contribution in [0.5, 0.6) is 0 Å². The van der Waals surface area contributed by atoms with E-state index in [9.17, 15) is 19.2 Å². The van der Waals surface area contributed by atoms with E-state index < -0.39 is 12.1 Å². The Morgan fingerprint density at radius 2 is 1.80 bits per heavy atom. The Kier molecular flexibility index (Phi) is 6.36. The maximum absolute atomic E-state index is 12.5. The molecule has 1 aromatic heterocycles. The summed E-state index contributed by atoms with van der Waals surface area (Å²) in [7, 11) is 0.